The van der Waals surface area contributed by atoms with Gasteiger partial charge in [0.1, 0.15) is 6.61 Å². The van der Waals surface area contributed by atoms with Crippen molar-refractivity contribution in [2.75, 3.05) is 85.9 Å². The fourth-order valence-corrected chi connectivity index (χ4v) is 6.00. The second-order valence-corrected chi connectivity index (χ2v) is 14.1. The normalized spacial score (nSPS) is 11.5. The van der Waals surface area contributed by atoms with E-state index in [0.717, 1.165) is 25.9 Å². The van der Waals surface area contributed by atoms with Gasteiger partial charge in [0.15, 0.2) is 0 Å². The molecule has 0 radical (unpaired) electrons. The van der Waals surface area contributed by atoms with Crippen molar-refractivity contribution in [3.05, 3.63) is 0 Å². The number of unbranched alkanes of at least 4 members (excludes halogenated alkanes) is 24. The fraction of sp³-hybridized carbons (Fsp3) is 0.977. The predicted molar refractivity (Wildman–Crippen MR) is 212 cm³/mol. The minimum atomic E-state index is -0.118. The molecule has 0 aromatic carbocycles. The van der Waals surface area contributed by atoms with Gasteiger partial charge in [-0.1, -0.05) is 168 Å². The molecule has 0 bridgehead atoms. The number of esters is 1. The maximum Gasteiger partial charge on any atom is 0.305 e. The van der Waals surface area contributed by atoms with Crippen LogP contribution in [0.25, 0.3) is 0 Å². The van der Waals surface area contributed by atoms with Crippen LogP contribution in [0.1, 0.15) is 187 Å². The highest BCUT2D eigenvalue weighted by Gasteiger charge is 2.03. The summed E-state index contributed by atoms with van der Waals surface area (Å²) in [6.07, 6.45) is 35.2. The first-order valence-electron chi connectivity index (χ1n) is 21.9. The molecular formula is C43H86O8. The minimum Gasteiger partial charge on any atom is -0.463 e. The topological polar surface area (TPSA) is 81.7 Å². The van der Waals surface area contributed by atoms with E-state index in [1.54, 1.807) is 0 Å². The van der Waals surface area contributed by atoms with Crippen molar-refractivity contribution in [1.82, 2.24) is 0 Å². The summed E-state index contributed by atoms with van der Waals surface area (Å²) in [6, 6.07) is 0. The van der Waals surface area contributed by atoms with E-state index in [-0.39, 0.29) is 5.97 Å². The Kier molecular flexibility index (Phi) is 46.5. The number of ether oxygens (including phenoxy) is 7. The van der Waals surface area contributed by atoms with Gasteiger partial charge < -0.3 is 33.2 Å². The largest absolute Gasteiger partial charge is 0.463 e. The molecule has 0 aromatic rings. The Hall–Kier alpha value is -0.770. The van der Waals surface area contributed by atoms with Crippen LogP contribution in [0, 0.1) is 0 Å². The Bertz CT molecular complexity index is 635. The van der Waals surface area contributed by atoms with Crippen LogP contribution in [0.5, 0.6) is 0 Å². The lowest BCUT2D eigenvalue weighted by Gasteiger charge is -2.08. The zero-order valence-electron chi connectivity index (χ0n) is 34.1. The summed E-state index contributed by atoms with van der Waals surface area (Å²) in [4.78, 5) is 11.9. The average molecular weight is 731 g/mol. The van der Waals surface area contributed by atoms with Crippen LogP contribution in [-0.4, -0.2) is 91.9 Å². The highest BCUT2D eigenvalue weighted by atomic mass is 16.6. The van der Waals surface area contributed by atoms with Crippen molar-refractivity contribution < 1.29 is 38.0 Å². The third-order valence-electron chi connectivity index (χ3n) is 9.23. The van der Waals surface area contributed by atoms with Gasteiger partial charge in [0, 0.05) is 13.0 Å². The van der Waals surface area contributed by atoms with Gasteiger partial charge in [-0.25, -0.2) is 0 Å². The van der Waals surface area contributed by atoms with Gasteiger partial charge in [0.2, 0.25) is 0 Å². The molecule has 0 amide bonds. The van der Waals surface area contributed by atoms with E-state index in [9.17, 15) is 4.79 Å². The second-order valence-electron chi connectivity index (χ2n) is 14.1. The standard InChI is InChI=1S/C43H86O8/c1-3-5-7-9-11-13-15-16-17-18-19-21-23-25-27-29-43(44)51-42-41-50-40-39-49-38-37-48-36-35-47-34-33-46-32-31-45-30-28-26-24-22-20-14-12-10-8-6-4-2/h3-42H2,1-2H3. The van der Waals surface area contributed by atoms with Crippen LogP contribution in [0.2, 0.25) is 0 Å². The van der Waals surface area contributed by atoms with Gasteiger partial charge in [-0.3, -0.25) is 4.79 Å². The molecule has 0 saturated heterocycles. The molecule has 306 valence electrons. The van der Waals surface area contributed by atoms with Gasteiger partial charge in [0.25, 0.3) is 0 Å². The van der Waals surface area contributed by atoms with Gasteiger partial charge in [-0.15, -0.1) is 0 Å². The van der Waals surface area contributed by atoms with Crippen LogP contribution >= 0.6 is 0 Å². The number of carbonyl (C=O) groups is 1. The van der Waals surface area contributed by atoms with E-state index in [4.69, 9.17) is 33.2 Å². The third kappa shape index (κ3) is 47.2. The smallest absolute Gasteiger partial charge is 0.305 e. The Morgan fingerprint density at radius 2 is 0.510 bits per heavy atom. The van der Waals surface area contributed by atoms with Crippen LogP contribution < -0.4 is 0 Å². The van der Waals surface area contributed by atoms with Crippen LogP contribution in [-0.2, 0) is 38.0 Å². The van der Waals surface area contributed by atoms with Crippen LogP contribution in [0.15, 0.2) is 0 Å². The van der Waals surface area contributed by atoms with E-state index in [0.29, 0.717) is 85.7 Å². The maximum absolute atomic E-state index is 11.9. The summed E-state index contributed by atoms with van der Waals surface area (Å²) in [6.45, 7) is 11.6. The van der Waals surface area contributed by atoms with Crippen molar-refractivity contribution in [3.8, 4) is 0 Å². The van der Waals surface area contributed by atoms with E-state index < -0.39 is 0 Å². The van der Waals surface area contributed by atoms with Crippen molar-refractivity contribution in [1.29, 1.82) is 0 Å². The molecule has 0 unspecified atom stereocenters. The molecule has 0 rings (SSSR count). The Morgan fingerprint density at radius 1 is 0.275 bits per heavy atom. The summed E-state index contributed by atoms with van der Waals surface area (Å²) in [7, 11) is 0. The highest BCUT2D eigenvalue weighted by Crippen LogP contribution is 2.14. The molecule has 0 aliphatic carbocycles. The molecule has 0 atom stereocenters. The lowest BCUT2D eigenvalue weighted by atomic mass is 10.0. The summed E-state index contributed by atoms with van der Waals surface area (Å²) in [5.41, 5.74) is 0. The number of rotatable bonds is 46. The monoisotopic (exact) mass is 731 g/mol. The molecule has 0 N–H and O–H groups in total. The van der Waals surface area contributed by atoms with Gasteiger partial charge in [0.05, 0.1) is 72.7 Å². The molecule has 8 nitrogen and oxygen atoms in total. The van der Waals surface area contributed by atoms with Crippen molar-refractivity contribution in [2.45, 2.75) is 187 Å². The van der Waals surface area contributed by atoms with Crippen molar-refractivity contribution in [3.63, 3.8) is 0 Å². The SMILES string of the molecule is CCCCCCCCCCCCCCCCCC(=O)OCCOCCOCCOCCOCCOCCOCCCCCCCCCCCCC. The summed E-state index contributed by atoms with van der Waals surface area (Å²) < 4.78 is 38.6. The van der Waals surface area contributed by atoms with Crippen LogP contribution in [0.3, 0.4) is 0 Å². The van der Waals surface area contributed by atoms with E-state index >= 15 is 0 Å². The molecule has 0 fully saturated rings. The second kappa shape index (κ2) is 47.3. The van der Waals surface area contributed by atoms with Gasteiger partial charge in [-0.05, 0) is 12.8 Å². The lowest BCUT2D eigenvalue weighted by Crippen LogP contribution is -2.15. The first-order valence-corrected chi connectivity index (χ1v) is 21.9. The first kappa shape index (κ1) is 50.2. The fourth-order valence-electron chi connectivity index (χ4n) is 6.00. The Morgan fingerprint density at radius 3 is 0.824 bits per heavy atom. The summed E-state index contributed by atoms with van der Waals surface area (Å²) in [5, 5.41) is 0. The van der Waals surface area contributed by atoms with Crippen molar-refractivity contribution in [2.24, 2.45) is 0 Å². The minimum absolute atomic E-state index is 0.118. The van der Waals surface area contributed by atoms with E-state index in [1.165, 1.54) is 148 Å². The number of hydrogen-bond donors (Lipinski definition) is 0. The maximum atomic E-state index is 11.9. The van der Waals surface area contributed by atoms with E-state index in [2.05, 4.69) is 13.8 Å². The quantitative estimate of drug-likeness (QED) is 0.0452. The zero-order chi connectivity index (χ0) is 36.8. The molecular weight excluding hydrogens is 644 g/mol. The van der Waals surface area contributed by atoms with Gasteiger partial charge in [-0.2, -0.15) is 0 Å². The lowest BCUT2D eigenvalue weighted by molar-refractivity contribution is -0.145. The highest BCUT2D eigenvalue weighted by molar-refractivity contribution is 5.69. The first-order chi connectivity index (χ1) is 25.3. The molecule has 0 spiro atoms. The zero-order valence-corrected chi connectivity index (χ0v) is 34.1. The third-order valence-corrected chi connectivity index (χ3v) is 9.23. The van der Waals surface area contributed by atoms with Crippen LogP contribution in [0.4, 0.5) is 0 Å². The average Bonchev–Trinajstić information content (AvgIpc) is 3.14. The Labute approximate surface area is 316 Å². The Balaban J connectivity index is 3.13. The molecule has 51 heavy (non-hydrogen) atoms. The van der Waals surface area contributed by atoms with E-state index in [1.807, 2.05) is 0 Å². The van der Waals surface area contributed by atoms with Gasteiger partial charge >= 0.3 is 5.97 Å². The molecule has 0 heterocycles. The predicted octanol–water partition coefficient (Wildman–Crippen LogP) is 11.2. The van der Waals surface area contributed by atoms with Crippen molar-refractivity contribution >= 4 is 5.97 Å². The summed E-state index contributed by atoms with van der Waals surface area (Å²) in [5.74, 6) is -0.118. The molecule has 0 aromatic heterocycles. The summed E-state index contributed by atoms with van der Waals surface area (Å²) >= 11 is 0. The molecule has 0 aliphatic heterocycles. The number of hydrogen-bond acceptors (Lipinski definition) is 8. The molecule has 0 saturated carbocycles. The molecule has 8 heteroatoms. The number of carbonyl (C=O) groups excluding carboxylic acids is 1. The molecule has 0 aliphatic rings.